The van der Waals surface area contributed by atoms with Crippen LogP contribution in [0.5, 0.6) is 0 Å². The van der Waals surface area contributed by atoms with Gasteiger partial charge in [-0.2, -0.15) is 0 Å². The number of amides is 1. The van der Waals surface area contributed by atoms with Crippen molar-refractivity contribution in [3.05, 3.63) is 57.7 Å². The van der Waals surface area contributed by atoms with Gasteiger partial charge in [0.1, 0.15) is 11.5 Å². The highest BCUT2D eigenvalue weighted by Crippen LogP contribution is 2.21. The van der Waals surface area contributed by atoms with E-state index in [1.807, 2.05) is 18.2 Å². The van der Waals surface area contributed by atoms with Crippen LogP contribution in [0.25, 0.3) is 0 Å². The molecule has 6 heteroatoms. The van der Waals surface area contributed by atoms with E-state index in [0.717, 1.165) is 5.56 Å². The summed E-state index contributed by atoms with van der Waals surface area (Å²) in [5.74, 6) is 0.339. The van der Waals surface area contributed by atoms with E-state index in [1.54, 1.807) is 32.3 Å². The number of hydrogen-bond donors (Lipinski definition) is 1. The molecule has 21 heavy (non-hydrogen) atoms. The van der Waals surface area contributed by atoms with Crippen molar-refractivity contribution < 1.29 is 4.79 Å². The number of carbonyl (C=O) groups excluding carboxylic acids is 1. The second kappa shape index (κ2) is 6.78. The highest BCUT2D eigenvalue weighted by atomic mass is 35.5. The number of hydrogen-bond acceptors (Lipinski definition) is 3. The lowest BCUT2D eigenvalue weighted by Gasteiger charge is -2.18. The van der Waals surface area contributed by atoms with Crippen LogP contribution in [0, 0.1) is 0 Å². The van der Waals surface area contributed by atoms with Crippen LogP contribution in [0.1, 0.15) is 16.1 Å². The van der Waals surface area contributed by atoms with E-state index in [2.05, 4.69) is 10.3 Å². The lowest BCUT2D eigenvalue weighted by molar-refractivity contribution is 0.0779. The topological polar surface area (TPSA) is 45.2 Å². The maximum absolute atomic E-state index is 12.5. The maximum Gasteiger partial charge on any atom is 0.274 e. The average molecular weight is 324 g/mol. The second-order valence-corrected chi connectivity index (χ2v) is 5.34. The quantitative estimate of drug-likeness (QED) is 0.933. The molecule has 110 valence electrons. The van der Waals surface area contributed by atoms with Crippen molar-refractivity contribution in [3.8, 4) is 0 Å². The monoisotopic (exact) mass is 323 g/mol. The predicted octanol–water partition coefficient (Wildman–Crippen LogP) is 3.70. The molecule has 1 heterocycles. The molecule has 1 aromatic heterocycles. The number of halogens is 2. The first-order valence-corrected chi connectivity index (χ1v) is 7.11. The number of carbonyl (C=O) groups is 1. The van der Waals surface area contributed by atoms with Crippen molar-refractivity contribution in [2.75, 3.05) is 19.4 Å². The molecule has 0 bridgehead atoms. The van der Waals surface area contributed by atoms with Crippen LogP contribution < -0.4 is 5.32 Å². The number of pyridine rings is 1. The Labute approximate surface area is 133 Å². The van der Waals surface area contributed by atoms with Crippen molar-refractivity contribution in [2.45, 2.75) is 6.54 Å². The normalized spacial score (nSPS) is 10.3. The van der Waals surface area contributed by atoms with Gasteiger partial charge in [0, 0.05) is 25.7 Å². The Hall–Kier alpha value is -1.78. The van der Waals surface area contributed by atoms with Crippen molar-refractivity contribution in [2.24, 2.45) is 0 Å². The van der Waals surface area contributed by atoms with E-state index in [9.17, 15) is 4.79 Å². The molecule has 0 saturated heterocycles. The first kappa shape index (κ1) is 15.6. The fourth-order valence-corrected chi connectivity index (χ4v) is 2.25. The van der Waals surface area contributed by atoms with Gasteiger partial charge >= 0.3 is 0 Å². The van der Waals surface area contributed by atoms with Gasteiger partial charge in [0.25, 0.3) is 5.91 Å². The Balaban J connectivity index is 2.22. The van der Waals surface area contributed by atoms with E-state index >= 15 is 0 Å². The molecule has 1 aromatic carbocycles. The molecule has 0 aliphatic rings. The van der Waals surface area contributed by atoms with Gasteiger partial charge in [-0.05, 0) is 23.8 Å². The standard InChI is InChI=1S/C15H15Cl2N3O/c1-18-13-8-7-12(17)14(19-13)15(21)20(2)9-10-5-3-4-6-11(10)16/h3-8H,9H2,1-2H3,(H,18,19). The molecule has 0 unspecified atom stereocenters. The van der Waals surface area contributed by atoms with Crippen LogP contribution in [0.4, 0.5) is 5.82 Å². The molecule has 0 radical (unpaired) electrons. The Morgan fingerprint density at radius 1 is 1.19 bits per heavy atom. The number of anilines is 1. The molecule has 1 amide bonds. The van der Waals surface area contributed by atoms with Crippen molar-refractivity contribution >= 4 is 34.9 Å². The van der Waals surface area contributed by atoms with Crippen LogP contribution in [0.15, 0.2) is 36.4 Å². The molecule has 0 fully saturated rings. The van der Waals surface area contributed by atoms with Crippen LogP contribution >= 0.6 is 23.2 Å². The fraction of sp³-hybridized carbons (Fsp3) is 0.200. The molecular formula is C15H15Cl2N3O. The van der Waals surface area contributed by atoms with Crippen LogP contribution in [-0.4, -0.2) is 29.9 Å². The zero-order valence-corrected chi connectivity index (χ0v) is 13.2. The minimum absolute atomic E-state index is 0.220. The Bertz CT molecular complexity index is 661. The molecule has 0 aliphatic heterocycles. The van der Waals surface area contributed by atoms with E-state index in [-0.39, 0.29) is 11.6 Å². The smallest absolute Gasteiger partial charge is 0.274 e. The summed E-state index contributed by atoms with van der Waals surface area (Å²) in [6.07, 6.45) is 0. The Kier molecular flexibility index (Phi) is 5.04. The summed E-state index contributed by atoms with van der Waals surface area (Å²) >= 11 is 12.2. The van der Waals surface area contributed by atoms with Gasteiger partial charge < -0.3 is 10.2 Å². The summed E-state index contributed by atoms with van der Waals surface area (Å²) in [7, 11) is 3.42. The Morgan fingerprint density at radius 3 is 2.57 bits per heavy atom. The van der Waals surface area contributed by atoms with Gasteiger partial charge in [-0.15, -0.1) is 0 Å². The number of nitrogens with one attached hydrogen (secondary N) is 1. The molecular weight excluding hydrogens is 309 g/mol. The number of aromatic nitrogens is 1. The molecule has 0 saturated carbocycles. The lowest BCUT2D eigenvalue weighted by atomic mass is 10.2. The summed E-state index contributed by atoms with van der Waals surface area (Å²) in [6.45, 7) is 0.389. The maximum atomic E-state index is 12.5. The molecule has 0 aliphatic carbocycles. The fourth-order valence-electron chi connectivity index (χ4n) is 1.87. The lowest BCUT2D eigenvalue weighted by Crippen LogP contribution is -2.27. The van der Waals surface area contributed by atoms with E-state index in [1.165, 1.54) is 4.90 Å². The highest BCUT2D eigenvalue weighted by molar-refractivity contribution is 6.33. The molecule has 2 rings (SSSR count). The number of nitrogens with zero attached hydrogens (tertiary/aromatic N) is 2. The van der Waals surface area contributed by atoms with Crippen molar-refractivity contribution in [1.82, 2.24) is 9.88 Å². The van der Waals surface area contributed by atoms with Gasteiger partial charge in [0.15, 0.2) is 0 Å². The second-order valence-electron chi connectivity index (χ2n) is 4.53. The van der Waals surface area contributed by atoms with Crippen LogP contribution in [-0.2, 0) is 6.54 Å². The summed E-state index contributed by atoms with van der Waals surface area (Å²) in [5.41, 5.74) is 1.09. The summed E-state index contributed by atoms with van der Waals surface area (Å²) < 4.78 is 0. The minimum Gasteiger partial charge on any atom is -0.373 e. The number of benzene rings is 1. The summed E-state index contributed by atoms with van der Waals surface area (Å²) in [5, 5.41) is 3.83. The summed E-state index contributed by atoms with van der Waals surface area (Å²) in [6, 6.07) is 10.8. The third-order valence-corrected chi connectivity index (χ3v) is 3.69. The highest BCUT2D eigenvalue weighted by Gasteiger charge is 2.18. The van der Waals surface area contributed by atoms with Gasteiger partial charge in [0.05, 0.1) is 5.02 Å². The van der Waals surface area contributed by atoms with Crippen LogP contribution in [0.2, 0.25) is 10.0 Å². The first-order chi connectivity index (χ1) is 10.0. The molecule has 2 aromatic rings. The number of rotatable bonds is 4. The van der Waals surface area contributed by atoms with E-state index in [4.69, 9.17) is 23.2 Å². The van der Waals surface area contributed by atoms with Gasteiger partial charge in [-0.1, -0.05) is 41.4 Å². The largest absolute Gasteiger partial charge is 0.373 e. The SMILES string of the molecule is CNc1ccc(Cl)c(C(=O)N(C)Cc2ccccc2Cl)n1. The first-order valence-electron chi connectivity index (χ1n) is 6.36. The third-order valence-electron chi connectivity index (χ3n) is 3.02. The molecule has 1 N–H and O–H groups in total. The zero-order valence-electron chi connectivity index (χ0n) is 11.7. The third kappa shape index (κ3) is 3.65. The van der Waals surface area contributed by atoms with Gasteiger partial charge in [0.2, 0.25) is 0 Å². The predicted molar refractivity (Wildman–Crippen MR) is 86.0 cm³/mol. The van der Waals surface area contributed by atoms with E-state index in [0.29, 0.717) is 22.4 Å². The minimum atomic E-state index is -0.253. The van der Waals surface area contributed by atoms with E-state index < -0.39 is 0 Å². The zero-order chi connectivity index (χ0) is 15.4. The van der Waals surface area contributed by atoms with Gasteiger partial charge in [-0.3, -0.25) is 4.79 Å². The molecule has 0 spiro atoms. The Morgan fingerprint density at radius 2 is 1.90 bits per heavy atom. The van der Waals surface area contributed by atoms with Crippen LogP contribution in [0.3, 0.4) is 0 Å². The molecule has 0 atom stereocenters. The van der Waals surface area contributed by atoms with Gasteiger partial charge in [-0.25, -0.2) is 4.98 Å². The summed E-state index contributed by atoms with van der Waals surface area (Å²) in [4.78, 5) is 18.2. The van der Waals surface area contributed by atoms with Crippen molar-refractivity contribution in [1.29, 1.82) is 0 Å². The average Bonchev–Trinajstić information content (AvgIpc) is 2.49. The molecule has 4 nitrogen and oxygen atoms in total. The van der Waals surface area contributed by atoms with Crippen molar-refractivity contribution in [3.63, 3.8) is 0 Å².